The van der Waals surface area contributed by atoms with E-state index in [-0.39, 0.29) is 10.8 Å². The third-order valence-corrected chi connectivity index (χ3v) is 4.46. The third-order valence-electron chi connectivity index (χ3n) is 3.39. The number of rotatable bonds is 2. The zero-order chi connectivity index (χ0) is 11.8. The summed E-state index contributed by atoms with van der Waals surface area (Å²) in [6.45, 7) is 2.30. The summed E-state index contributed by atoms with van der Waals surface area (Å²) in [5.74, 6) is -0.333. The van der Waals surface area contributed by atoms with Crippen molar-refractivity contribution in [1.82, 2.24) is 0 Å². The molecular weight excluding hydrogens is 290 g/mol. The van der Waals surface area contributed by atoms with Crippen molar-refractivity contribution in [2.24, 2.45) is 5.41 Å². The van der Waals surface area contributed by atoms with E-state index in [4.69, 9.17) is 11.6 Å². The average molecular weight is 306 g/mol. The fraction of sp³-hybridized carbons (Fsp3) is 0.538. The molecule has 88 valence electrons. The molecule has 0 nitrogen and oxygen atoms in total. The van der Waals surface area contributed by atoms with Gasteiger partial charge in [0.05, 0.1) is 5.02 Å². The standard InChI is InChI=1S/C13H15BrClF/c1-13(5-4-10(14)8-13)7-9-2-3-12(16)11(15)6-9/h2-3,6,10H,4-5,7-8H2,1H3. The van der Waals surface area contributed by atoms with Gasteiger partial charge in [-0.3, -0.25) is 0 Å². The predicted octanol–water partition coefficient (Wildman–Crippen LogP) is 4.98. The lowest BCUT2D eigenvalue weighted by molar-refractivity contribution is 0.336. The first-order chi connectivity index (χ1) is 7.48. The fourth-order valence-corrected chi connectivity index (χ4v) is 3.76. The average Bonchev–Trinajstić information content (AvgIpc) is 2.52. The summed E-state index contributed by atoms with van der Waals surface area (Å²) in [6.07, 6.45) is 4.61. The number of benzene rings is 1. The van der Waals surface area contributed by atoms with Gasteiger partial charge >= 0.3 is 0 Å². The molecule has 0 aliphatic heterocycles. The van der Waals surface area contributed by atoms with Crippen LogP contribution in [0.25, 0.3) is 0 Å². The van der Waals surface area contributed by atoms with Crippen molar-refractivity contribution in [1.29, 1.82) is 0 Å². The van der Waals surface area contributed by atoms with E-state index in [2.05, 4.69) is 22.9 Å². The molecule has 0 saturated heterocycles. The van der Waals surface area contributed by atoms with Crippen molar-refractivity contribution in [3.63, 3.8) is 0 Å². The van der Waals surface area contributed by atoms with E-state index in [9.17, 15) is 4.39 Å². The molecule has 0 radical (unpaired) electrons. The molecule has 1 aliphatic rings. The molecule has 0 bridgehead atoms. The summed E-state index contributed by atoms with van der Waals surface area (Å²) in [4.78, 5) is 0.633. The lowest BCUT2D eigenvalue weighted by Gasteiger charge is -2.23. The van der Waals surface area contributed by atoms with Gasteiger partial charge in [-0.05, 0) is 48.8 Å². The molecule has 2 rings (SSSR count). The normalized spacial score (nSPS) is 29.6. The molecule has 2 unspecified atom stereocenters. The van der Waals surface area contributed by atoms with Crippen LogP contribution in [0.4, 0.5) is 4.39 Å². The minimum atomic E-state index is -0.333. The van der Waals surface area contributed by atoms with Crippen LogP contribution in [0.5, 0.6) is 0 Å². The highest BCUT2D eigenvalue weighted by atomic mass is 79.9. The fourth-order valence-electron chi connectivity index (χ4n) is 2.55. The monoisotopic (exact) mass is 304 g/mol. The Balaban J connectivity index is 2.12. The summed E-state index contributed by atoms with van der Waals surface area (Å²) >= 11 is 9.46. The van der Waals surface area contributed by atoms with E-state index in [1.165, 1.54) is 25.3 Å². The molecule has 3 heteroatoms. The van der Waals surface area contributed by atoms with Gasteiger partial charge in [-0.2, -0.15) is 0 Å². The first-order valence-corrected chi connectivity index (χ1v) is 6.86. The first-order valence-electron chi connectivity index (χ1n) is 5.56. The van der Waals surface area contributed by atoms with Crippen LogP contribution in [-0.4, -0.2) is 4.83 Å². The summed E-state index contributed by atoms with van der Waals surface area (Å²) in [7, 11) is 0. The van der Waals surface area contributed by atoms with E-state index >= 15 is 0 Å². The minimum Gasteiger partial charge on any atom is -0.205 e. The molecule has 0 aromatic heterocycles. The van der Waals surface area contributed by atoms with Gasteiger partial charge in [0.25, 0.3) is 0 Å². The molecule has 0 spiro atoms. The highest BCUT2D eigenvalue weighted by Gasteiger charge is 2.33. The smallest absolute Gasteiger partial charge is 0.141 e. The van der Waals surface area contributed by atoms with E-state index in [1.807, 2.05) is 6.07 Å². The van der Waals surface area contributed by atoms with Crippen molar-refractivity contribution in [3.8, 4) is 0 Å². The van der Waals surface area contributed by atoms with Gasteiger partial charge in [-0.25, -0.2) is 4.39 Å². The van der Waals surface area contributed by atoms with Crippen LogP contribution in [0.15, 0.2) is 18.2 Å². The number of alkyl halides is 1. The van der Waals surface area contributed by atoms with E-state index in [0.717, 1.165) is 12.0 Å². The number of hydrogen-bond acceptors (Lipinski definition) is 0. The predicted molar refractivity (Wildman–Crippen MR) is 69.8 cm³/mol. The molecule has 0 heterocycles. The quantitative estimate of drug-likeness (QED) is 0.676. The topological polar surface area (TPSA) is 0 Å². The molecule has 1 aromatic carbocycles. The van der Waals surface area contributed by atoms with Gasteiger partial charge in [-0.15, -0.1) is 0 Å². The van der Waals surface area contributed by atoms with Crippen molar-refractivity contribution >= 4 is 27.5 Å². The van der Waals surface area contributed by atoms with Crippen LogP contribution in [0.2, 0.25) is 5.02 Å². The lowest BCUT2D eigenvalue weighted by atomic mass is 9.82. The molecule has 0 N–H and O–H groups in total. The SMILES string of the molecule is CC1(Cc2ccc(F)c(Cl)c2)CCC(Br)C1. The summed E-state index contributed by atoms with van der Waals surface area (Å²) in [6, 6.07) is 5.05. The maximum atomic E-state index is 13.0. The highest BCUT2D eigenvalue weighted by molar-refractivity contribution is 9.09. The summed E-state index contributed by atoms with van der Waals surface area (Å²) in [5, 5.41) is 0.231. The maximum Gasteiger partial charge on any atom is 0.141 e. The lowest BCUT2D eigenvalue weighted by Crippen LogP contribution is -2.15. The first kappa shape index (κ1) is 12.4. The van der Waals surface area contributed by atoms with Crippen LogP contribution in [0, 0.1) is 11.2 Å². The van der Waals surface area contributed by atoms with E-state index in [0.29, 0.717) is 10.2 Å². The van der Waals surface area contributed by atoms with Gasteiger partial charge in [0, 0.05) is 4.83 Å². The molecule has 1 fully saturated rings. The second kappa shape index (κ2) is 4.66. The van der Waals surface area contributed by atoms with Gasteiger partial charge in [0.15, 0.2) is 0 Å². The molecule has 1 aromatic rings. The highest BCUT2D eigenvalue weighted by Crippen LogP contribution is 2.43. The van der Waals surface area contributed by atoms with Crippen LogP contribution < -0.4 is 0 Å². The van der Waals surface area contributed by atoms with Gasteiger partial charge in [0.2, 0.25) is 0 Å². The van der Waals surface area contributed by atoms with Gasteiger partial charge < -0.3 is 0 Å². The number of hydrogen-bond donors (Lipinski definition) is 0. The Hall–Kier alpha value is -0.0800. The largest absolute Gasteiger partial charge is 0.205 e. The summed E-state index contributed by atoms with van der Waals surface area (Å²) in [5.41, 5.74) is 1.46. The molecule has 16 heavy (non-hydrogen) atoms. The number of halogens is 3. The Bertz CT molecular complexity index is 394. The Kier molecular flexibility index (Phi) is 3.60. The van der Waals surface area contributed by atoms with Crippen LogP contribution in [0.1, 0.15) is 31.7 Å². The molecule has 2 atom stereocenters. The second-order valence-electron chi connectivity index (χ2n) is 5.08. The van der Waals surface area contributed by atoms with Gasteiger partial charge in [-0.1, -0.05) is 40.5 Å². The van der Waals surface area contributed by atoms with Crippen molar-refractivity contribution in [2.45, 2.75) is 37.4 Å². The van der Waals surface area contributed by atoms with Crippen molar-refractivity contribution < 1.29 is 4.39 Å². The summed E-state index contributed by atoms with van der Waals surface area (Å²) < 4.78 is 13.0. The minimum absolute atomic E-state index is 0.231. The maximum absolute atomic E-state index is 13.0. The van der Waals surface area contributed by atoms with Crippen LogP contribution >= 0.6 is 27.5 Å². The van der Waals surface area contributed by atoms with E-state index in [1.54, 1.807) is 6.07 Å². The molecule has 1 aliphatic carbocycles. The van der Waals surface area contributed by atoms with E-state index < -0.39 is 0 Å². The molecular formula is C13H15BrClF. The Labute approximate surface area is 109 Å². The van der Waals surface area contributed by atoms with Crippen molar-refractivity contribution in [2.75, 3.05) is 0 Å². The Morgan fingerprint density at radius 1 is 1.56 bits per heavy atom. The zero-order valence-corrected chi connectivity index (χ0v) is 11.6. The van der Waals surface area contributed by atoms with Gasteiger partial charge in [0.1, 0.15) is 5.82 Å². The van der Waals surface area contributed by atoms with Crippen LogP contribution in [0.3, 0.4) is 0 Å². The Morgan fingerprint density at radius 3 is 2.88 bits per heavy atom. The van der Waals surface area contributed by atoms with Crippen LogP contribution in [-0.2, 0) is 6.42 Å². The second-order valence-corrected chi connectivity index (χ2v) is 6.78. The third kappa shape index (κ3) is 2.78. The zero-order valence-electron chi connectivity index (χ0n) is 9.27. The molecule has 0 amide bonds. The Morgan fingerprint density at radius 2 is 2.31 bits per heavy atom. The molecule has 1 saturated carbocycles. The van der Waals surface area contributed by atoms with Crippen molar-refractivity contribution in [3.05, 3.63) is 34.6 Å².